The highest BCUT2D eigenvalue weighted by atomic mass is 16.5. The number of carboxylic acids is 1. The molecule has 5 nitrogen and oxygen atoms in total. The van der Waals surface area contributed by atoms with Crippen LogP contribution in [0.3, 0.4) is 0 Å². The Labute approximate surface area is 125 Å². The highest BCUT2D eigenvalue weighted by molar-refractivity contribution is 5.82. The van der Waals surface area contributed by atoms with Crippen LogP contribution in [0.5, 0.6) is 0 Å². The lowest BCUT2D eigenvalue weighted by atomic mass is 9.80. The highest BCUT2D eigenvalue weighted by Crippen LogP contribution is 2.50. The topological polar surface area (TPSA) is 66.8 Å². The smallest absolute Gasteiger partial charge is 0.313 e. The predicted octanol–water partition coefficient (Wildman–Crippen LogP) is 1.76. The van der Waals surface area contributed by atoms with Gasteiger partial charge in [0.2, 0.25) is 5.91 Å². The first-order valence-electron chi connectivity index (χ1n) is 8.08. The van der Waals surface area contributed by atoms with Gasteiger partial charge in [-0.25, -0.2) is 0 Å². The lowest BCUT2D eigenvalue weighted by Gasteiger charge is -2.40. The molecule has 2 saturated carbocycles. The van der Waals surface area contributed by atoms with Gasteiger partial charge in [0.25, 0.3) is 0 Å². The number of methoxy groups -OCH3 is 1. The Balaban J connectivity index is 1.72. The molecule has 0 aromatic carbocycles. The molecule has 5 heteroatoms. The molecule has 3 rings (SSSR count). The second-order valence-electron chi connectivity index (χ2n) is 7.08. The van der Waals surface area contributed by atoms with E-state index in [-0.39, 0.29) is 18.4 Å². The Morgan fingerprint density at radius 3 is 2.38 bits per heavy atom. The summed E-state index contributed by atoms with van der Waals surface area (Å²) < 4.78 is 5.14. The Hall–Kier alpha value is -1.10. The van der Waals surface area contributed by atoms with Gasteiger partial charge in [-0.05, 0) is 50.4 Å². The number of nitrogens with zero attached hydrogens (tertiary/aromatic N) is 1. The van der Waals surface area contributed by atoms with E-state index in [1.165, 1.54) is 32.8 Å². The maximum absolute atomic E-state index is 12.9. The molecule has 2 aliphatic carbocycles. The molecular weight excluding hydrogens is 270 g/mol. The number of likely N-dealkylation sites (tertiary alicyclic amines) is 1. The van der Waals surface area contributed by atoms with Gasteiger partial charge in [-0.3, -0.25) is 9.59 Å². The zero-order valence-electron chi connectivity index (χ0n) is 12.7. The van der Waals surface area contributed by atoms with Crippen molar-refractivity contribution in [3.63, 3.8) is 0 Å². The summed E-state index contributed by atoms with van der Waals surface area (Å²) in [6.07, 6.45) is 6.03. The number of piperidine rings is 1. The SMILES string of the molecule is COC[C@@]1(C(=O)O)CCCN(C(=O)C(C2CC2)C2CC2)C1. The third-order valence-electron chi connectivity index (χ3n) is 5.31. The van der Waals surface area contributed by atoms with Gasteiger partial charge in [-0.2, -0.15) is 0 Å². The highest BCUT2D eigenvalue weighted by Gasteiger charge is 2.50. The van der Waals surface area contributed by atoms with E-state index in [9.17, 15) is 14.7 Å². The normalized spacial score (nSPS) is 29.7. The zero-order chi connectivity index (χ0) is 15.0. The average Bonchev–Trinajstić information content (AvgIpc) is 3.34. The number of aliphatic carboxylic acids is 1. The number of rotatable bonds is 6. The van der Waals surface area contributed by atoms with Gasteiger partial charge in [-0.1, -0.05) is 0 Å². The zero-order valence-corrected chi connectivity index (χ0v) is 12.7. The van der Waals surface area contributed by atoms with Crippen LogP contribution in [0.2, 0.25) is 0 Å². The monoisotopic (exact) mass is 295 g/mol. The Morgan fingerprint density at radius 1 is 1.29 bits per heavy atom. The van der Waals surface area contributed by atoms with E-state index in [4.69, 9.17) is 4.74 Å². The second kappa shape index (κ2) is 5.59. The van der Waals surface area contributed by atoms with E-state index in [1.807, 2.05) is 4.90 Å². The molecule has 3 aliphatic rings. The van der Waals surface area contributed by atoms with Crippen LogP contribution in [0.4, 0.5) is 0 Å². The van der Waals surface area contributed by atoms with Crippen LogP contribution in [-0.2, 0) is 14.3 Å². The fraction of sp³-hybridized carbons (Fsp3) is 0.875. The molecule has 1 saturated heterocycles. The molecule has 1 aliphatic heterocycles. The van der Waals surface area contributed by atoms with E-state index in [0.717, 1.165) is 6.42 Å². The van der Waals surface area contributed by atoms with Gasteiger partial charge in [0.15, 0.2) is 0 Å². The van der Waals surface area contributed by atoms with Crippen LogP contribution in [0.25, 0.3) is 0 Å². The minimum absolute atomic E-state index is 0.164. The maximum atomic E-state index is 12.9. The largest absolute Gasteiger partial charge is 0.481 e. The molecule has 1 heterocycles. The quantitative estimate of drug-likeness (QED) is 0.811. The number of hydrogen-bond donors (Lipinski definition) is 1. The van der Waals surface area contributed by atoms with E-state index < -0.39 is 11.4 Å². The van der Waals surface area contributed by atoms with E-state index in [1.54, 1.807) is 0 Å². The van der Waals surface area contributed by atoms with Crippen LogP contribution in [-0.4, -0.2) is 48.7 Å². The van der Waals surface area contributed by atoms with Crippen molar-refractivity contribution in [1.82, 2.24) is 4.90 Å². The van der Waals surface area contributed by atoms with Crippen LogP contribution in [0.1, 0.15) is 38.5 Å². The molecule has 0 aromatic heterocycles. The fourth-order valence-electron chi connectivity index (χ4n) is 3.86. The molecule has 1 N–H and O–H groups in total. The molecule has 0 bridgehead atoms. The molecule has 0 spiro atoms. The second-order valence-corrected chi connectivity index (χ2v) is 7.08. The molecular formula is C16H25NO4. The summed E-state index contributed by atoms with van der Waals surface area (Å²) in [5.74, 6) is 0.664. The van der Waals surface area contributed by atoms with Gasteiger partial charge >= 0.3 is 5.97 Å². The van der Waals surface area contributed by atoms with Crippen molar-refractivity contribution in [1.29, 1.82) is 0 Å². The average molecular weight is 295 g/mol. The van der Waals surface area contributed by atoms with Crippen molar-refractivity contribution < 1.29 is 19.4 Å². The standard InChI is InChI=1S/C16H25NO4/c1-21-10-16(15(19)20)7-2-8-17(9-16)14(18)13(11-3-4-11)12-5-6-12/h11-13H,2-10H2,1H3,(H,19,20)/t16-/m1/s1. The van der Waals surface area contributed by atoms with Crippen molar-refractivity contribution in [2.45, 2.75) is 38.5 Å². The third kappa shape index (κ3) is 2.93. The maximum Gasteiger partial charge on any atom is 0.313 e. The molecule has 118 valence electrons. The minimum atomic E-state index is -0.916. The molecule has 21 heavy (non-hydrogen) atoms. The van der Waals surface area contributed by atoms with Gasteiger partial charge in [0.1, 0.15) is 5.41 Å². The minimum Gasteiger partial charge on any atom is -0.481 e. The summed E-state index contributed by atoms with van der Waals surface area (Å²) in [7, 11) is 1.53. The fourth-order valence-corrected chi connectivity index (χ4v) is 3.86. The van der Waals surface area contributed by atoms with Gasteiger partial charge in [-0.15, -0.1) is 0 Å². The summed E-state index contributed by atoms with van der Waals surface area (Å²) in [6.45, 7) is 1.20. The van der Waals surface area contributed by atoms with E-state index >= 15 is 0 Å². The van der Waals surface area contributed by atoms with Crippen molar-refractivity contribution in [2.24, 2.45) is 23.2 Å². The summed E-state index contributed by atoms with van der Waals surface area (Å²) >= 11 is 0. The van der Waals surface area contributed by atoms with Crippen LogP contribution < -0.4 is 0 Å². The van der Waals surface area contributed by atoms with Gasteiger partial charge in [0.05, 0.1) is 6.61 Å². The molecule has 1 amide bonds. The first-order valence-corrected chi connectivity index (χ1v) is 8.08. The summed E-state index contributed by atoms with van der Waals surface area (Å²) in [4.78, 5) is 26.4. The lowest BCUT2D eigenvalue weighted by molar-refractivity contribution is -0.160. The first kappa shape index (κ1) is 14.8. The number of carbonyl (C=O) groups excluding carboxylic acids is 1. The van der Waals surface area contributed by atoms with Crippen molar-refractivity contribution in [2.75, 3.05) is 26.8 Å². The third-order valence-corrected chi connectivity index (χ3v) is 5.31. The van der Waals surface area contributed by atoms with Crippen molar-refractivity contribution in [3.05, 3.63) is 0 Å². The predicted molar refractivity (Wildman–Crippen MR) is 76.7 cm³/mol. The Morgan fingerprint density at radius 2 is 1.90 bits per heavy atom. The summed E-state index contributed by atoms with van der Waals surface area (Å²) in [5, 5.41) is 9.58. The molecule has 0 radical (unpaired) electrons. The van der Waals surface area contributed by atoms with Crippen molar-refractivity contribution in [3.8, 4) is 0 Å². The number of carbonyl (C=O) groups is 2. The van der Waals surface area contributed by atoms with Gasteiger partial charge in [0, 0.05) is 26.1 Å². The molecule has 0 aromatic rings. The number of ether oxygens (including phenoxy) is 1. The van der Waals surface area contributed by atoms with Crippen LogP contribution in [0.15, 0.2) is 0 Å². The first-order chi connectivity index (χ1) is 10.1. The van der Waals surface area contributed by atoms with Crippen LogP contribution >= 0.6 is 0 Å². The summed E-state index contributed by atoms with van der Waals surface area (Å²) in [5.41, 5.74) is -0.916. The molecule has 3 fully saturated rings. The van der Waals surface area contributed by atoms with E-state index in [2.05, 4.69) is 0 Å². The Kier molecular flexibility index (Phi) is 3.95. The summed E-state index contributed by atoms with van der Waals surface area (Å²) in [6, 6.07) is 0. The van der Waals surface area contributed by atoms with E-state index in [0.29, 0.717) is 31.3 Å². The number of hydrogen-bond acceptors (Lipinski definition) is 3. The number of amides is 1. The Bertz CT molecular complexity index is 414. The van der Waals surface area contributed by atoms with Crippen molar-refractivity contribution >= 4 is 11.9 Å². The molecule has 1 atom stereocenters. The van der Waals surface area contributed by atoms with Crippen LogP contribution in [0, 0.1) is 23.2 Å². The van der Waals surface area contributed by atoms with Gasteiger partial charge < -0.3 is 14.7 Å². The molecule has 0 unspecified atom stereocenters. The number of carboxylic acid groups (broad SMARTS) is 1. The lowest BCUT2D eigenvalue weighted by Crippen LogP contribution is -2.53.